The molecule has 2 aromatic rings. The van der Waals surface area contributed by atoms with Crippen LogP contribution in [0.1, 0.15) is 54.1 Å². The van der Waals surface area contributed by atoms with Crippen molar-refractivity contribution in [3.63, 3.8) is 0 Å². The van der Waals surface area contributed by atoms with E-state index in [2.05, 4.69) is 21.5 Å². The molecular formula is C22H29N5O2. The predicted molar refractivity (Wildman–Crippen MR) is 109 cm³/mol. The Morgan fingerprint density at radius 3 is 2.83 bits per heavy atom. The summed E-state index contributed by atoms with van der Waals surface area (Å²) in [5, 5.41) is 7.81. The number of hydrogen-bond acceptors (Lipinski definition) is 4. The van der Waals surface area contributed by atoms with Gasteiger partial charge in [-0.1, -0.05) is 12.5 Å². The summed E-state index contributed by atoms with van der Waals surface area (Å²) in [6.07, 6.45) is 6.93. The van der Waals surface area contributed by atoms with E-state index in [1.54, 1.807) is 10.9 Å². The molecule has 1 N–H and O–H groups in total. The lowest BCUT2D eigenvalue weighted by molar-refractivity contribution is -0.131. The number of hydrogen-bond donors (Lipinski definition) is 1. The van der Waals surface area contributed by atoms with Crippen LogP contribution in [0.2, 0.25) is 0 Å². The van der Waals surface area contributed by atoms with Gasteiger partial charge in [0.2, 0.25) is 11.8 Å². The van der Waals surface area contributed by atoms with Crippen molar-refractivity contribution in [2.45, 2.75) is 64.5 Å². The molecule has 0 unspecified atom stereocenters. The van der Waals surface area contributed by atoms with Crippen LogP contribution in [0.25, 0.3) is 0 Å². The quantitative estimate of drug-likeness (QED) is 0.865. The van der Waals surface area contributed by atoms with Crippen molar-refractivity contribution in [2.24, 2.45) is 0 Å². The Bertz CT molecular complexity index is 923. The van der Waals surface area contributed by atoms with Gasteiger partial charge in [0.25, 0.3) is 0 Å². The van der Waals surface area contributed by atoms with Crippen LogP contribution in [0.3, 0.4) is 0 Å². The molecule has 154 valence electrons. The Kier molecular flexibility index (Phi) is 5.15. The smallest absolute Gasteiger partial charge is 0.244 e. The number of likely N-dealkylation sites (tertiary alicyclic amines) is 1. The first-order chi connectivity index (χ1) is 13.9. The van der Waals surface area contributed by atoms with Crippen molar-refractivity contribution in [1.82, 2.24) is 25.0 Å². The maximum atomic E-state index is 13.2. The molecule has 2 amide bonds. The van der Waals surface area contributed by atoms with Gasteiger partial charge in [-0.25, -0.2) is 0 Å². The van der Waals surface area contributed by atoms with Gasteiger partial charge in [-0.3, -0.25) is 19.3 Å². The van der Waals surface area contributed by atoms with Gasteiger partial charge in [-0.05, 0) is 50.8 Å². The highest BCUT2D eigenvalue weighted by Gasteiger charge is 2.49. The monoisotopic (exact) mass is 395 g/mol. The maximum absolute atomic E-state index is 13.2. The van der Waals surface area contributed by atoms with E-state index in [0.717, 1.165) is 41.8 Å². The second-order valence-corrected chi connectivity index (χ2v) is 8.48. The van der Waals surface area contributed by atoms with Crippen LogP contribution in [0.4, 0.5) is 0 Å². The fraction of sp³-hybridized carbons (Fsp3) is 0.545. The van der Waals surface area contributed by atoms with E-state index in [1.165, 1.54) is 0 Å². The van der Waals surface area contributed by atoms with Crippen LogP contribution >= 0.6 is 0 Å². The first-order valence-corrected chi connectivity index (χ1v) is 10.4. The number of nitrogens with one attached hydrogen (secondary N) is 1. The molecule has 2 fully saturated rings. The molecule has 2 aromatic heterocycles. The number of carbonyl (C=O) groups is 2. The highest BCUT2D eigenvalue weighted by molar-refractivity contribution is 5.79. The average Bonchev–Trinajstić information content (AvgIpc) is 3.11. The Morgan fingerprint density at radius 2 is 2.14 bits per heavy atom. The summed E-state index contributed by atoms with van der Waals surface area (Å²) >= 11 is 0. The Balaban J connectivity index is 1.61. The van der Waals surface area contributed by atoms with Crippen molar-refractivity contribution in [1.29, 1.82) is 0 Å². The van der Waals surface area contributed by atoms with Crippen LogP contribution < -0.4 is 5.32 Å². The standard InChI is InChI=1S/C22H29N5O2/c1-15-16(2)25-27(17(15)3)13-21(29)26-12-19(18-7-6-10-23-11-18)22(14-26)9-5-4-8-20(28)24-22/h6-7,10-11,19H,4-5,8-9,12-14H2,1-3H3,(H,24,28)/t19-,22+/m0/s1. The molecule has 0 radical (unpaired) electrons. The van der Waals surface area contributed by atoms with Crippen molar-refractivity contribution >= 4 is 11.8 Å². The van der Waals surface area contributed by atoms with Crippen LogP contribution in [0, 0.1) is 20.8 Å². The molecule has 0 saturated carbocycles. The van der Waals surface area contributed by atoms with E-state index in [1.807, 2.05) is 37.9 Å². The molecule has 29 heavy (non-hydrogen) atoms. The zero-order valence-electron chi connectivity index (χ0n) is 17.4. The highest BCUT2D eigenvalue weighted by Crippen LogP contribution is 2.40. The minimum Gasteiger partial charge on any atom is -0.348 e. The van der Waals surface area contributed by atoms with Crippen molar-refractivity contribution in [3.8, 4) is 0 Å². The molecule has 2 aliphatic rings. The molecule has 0 aliphatic carbocycles. The second kappa shape index (κ2) is 7.61. The summed E-state index contributed by atoms with van der Waals surface area (Å²) < 4.78 is 1.79. The molecular weight excluding hydrogens is 366 g/mol. The number of carbonyl (C=O) groups excluding carboxylic acids is 2. The summed E-state index contributed by atoms with van der Waals surface area (Å²) in [5.41, 5.74) is 3.76. The van der Waals surface area contributed by atoms with Gasteiger partial charge in [-0.15, -0.1) is 0 Å². The van der Waals surface area contributed by atoms with Crippen LogP contribution in [0.15, 0.2) is 24.5 Å². The summed E-state index contributed by atoms with van der Waals surface area (Å²) in [5.74, 6) is 0.170. The summed E-state index contributed by atoms with van der Waals surface area (Å²) in [6, 6.07) is 3.97. The number of aryl methyl sites for hydroxylation is 1. The summed E-state index contributed by atoms with van der Waals surface area (Å²) in [4.78, 5) is 31.8. The first kappa shape index (κ1) is 19.6. The Labute approximate surface area is 171 Å². The molecule has 4 heterocycles. The fourth-order valence-corrected chi connectivity index (χ4v) is 4.78. The second-order valence-electron chi connectivity index (χ2n) is 8.48. The van der Waals surface area contributed by atoms with Crippen molar-refractivity contribution in [2.75, 3.05) is 13.1 Å². The normalized spacial score (nSPS) is 24.6. The van der Waals surface area contributed by atoms with Gasteiger partial charge in [-0.2, -0.15) is 5.10 Å². The van der Waals surface area contributed by atoms with E-state index in [-0.39, 0.29) is 24.3 Å². The number of nitrogens with zero attached hydrogens (tertiary/aromatic N) is 4. The third kappa shape index (κ3) is 3.66. The molecule has 0 aromatic carbocycles. The Hall–Kier alpha value is -2.70. The van der Waals surface area contributed by atoms with E-state index in [9.17, 15) is 9.59 Å². The molecule has 7 nitrogen and oxygen atoms in total. The number of pyridine rings is 1. The molecule has 2 atom stereocenters. The highest BCUT2D eigenvalue weighted by atomic mass is 16.2. The molecule has 2 aliphatic heterocycles. The maximum Gasteiger partial charge on any atom is 0.244 e. The molecule has 1 spiro atoms. The first-order valence-electron chi connectivity index (χ1n) is 10.4. The van der Waals surface area contributed by atoms with Gasteiger partial charge >= 0.3 is 0 Å². The van der Waals surface area contributed by atoms with E-state index in [0.29, 0.717) is 19.5 Å². The van der Waals surface area contributed by atoms with E-state index < -0.39 is 5.54 Å². The number of amides is 2. The predicted octanol–water partition coefficient (Wildman–Crippen LogP) is 2.26. The van der Waals surface area contributed by atoms with Gasteiger partial charge in [0.15, 0.2) is 0 Å². The molecule has 7 heteroatoms. The van der Waals surface area contributed by atoms with Crippen molar-refractivity contribution < 1.29 is 9.59 Å². The van der Waals surface area contributed by atoms with Gasteiger partial charge in [0.05, 0.1) is 11.2 Å². The Morgan fingerprint density at radius 1 is 1.31 bits per heavy atom. The summed E-state index contributed by atoms with van der Waals surface area (Å²) in [6.45, 7) is 7.34. The minimum absolute atomic E-state index is 0.0415. The zero-order chi connectivity index (χ0) is 20.6. The van der Waals surface area contributed by atoms with E-state index in [4.69, 9.17) is 0 Å². The lowest BCUT2D eigenvalue weighted by atomic mass is 9.79. The van der Waals surface area contributed by atoms with Crippen molar-refractivity contribution in [3.05, 3.63) is 47.0 Å². The van der Waals surface area contributed by atoms with Crippen LogP contribution in [0.5, 0.6) is 0 Å². The number of rotatable bonds is 3. The lowest BCUT2D eigenvalue weighted by Gasteiger charge is -2.34. The topological polar surface area (TPSA) is 80.1 Å². The van der Waals surface area contributed by atoms with E-state index >= 15 is 0 Å². The molecule has 2 saturated heterocycles. The summed E-state index contributed by atoms with van der Waals surface area (Å²) in [7, 11) is 0. The van der Waals surface area contributed by atoms with Gasteiger partial charge < -0.3 is 10.2 Å². The largest absolute Gasteiger partial charge is 0.348 e. The minimum atomic E-state index is -0.419. The SMILES string of the molecule is Cc1nn(CC(=O)N2C[C@@H](c3cccnc3)[C@@]3(CCCCC(=O)N3)C2)c(C)c1C. The third-order valence-electron chi connectivity index (χ3n) is 6.68. The average molecular weight is 396 g/mol. The number of aromatic nitrogens is 3. The van der Waals surface area contributed by atoms with Gasteiger partial charge in [0, 0.05) is 43.5 Å². The fourth-order valence-electron chi connectivity index (χ4n) is 4.78. The van der Waals surface area contributed by atoms with Crippen LogP contribution in [-0.4, -0.2) is 50.1 Å². The van der Waals surface area contributed by atoms with Gasteiger partial charge in [0.1, 0.15) is 6.54 Å². The zero-order valence-corrected chi connectivity index (χ0v) is 17.4. The third-order valence-corrected chi connectivity index (χ3v) is 6.68. The molecule has 4 rings (SSSR count). The van der Waals surface area contributed by atoms with Crippen LogP contribution in [-0.2, 0) is 16.1 Å². The lowest BCUT2D eigenvalue weighted by Crippen LogP contribution is -2.53. The molecule has 0 bridgehead atoms.